The van der Waals surface area contributed by atoms with E-state index < -0.39 is 0 Å². The summed E-state index contributed by atoms with van der Waals surface area (Å²) >= 11 is 0. The van der Waals surface area contributed by atoms with Crippen LogP contribution in [0.5, 0.6) is 0 Å². The van der Waals surface area contributed by atoms with Crippen molar-refractivity contribution in [2.75, 3.05) is 0 Å². The number of fused-ring (bicyclic) bond motifs is 3. The normalized spacial score (nSPS) is 10.6. The van der Waals surface area contributed by atoms with Gasteiger partial charge < -0.3 is 0 Å². The van der Waals surface area contributed by atoms with Gasteiger partial charge >= 0.3 is 0 Å². The van der Waals surface area contributed by atoms with Gasteiger partial charge in [-0.1, -0.05) is 170 Å². The largest absolute Gasteiger partial charge is 0.264 e. The average molecular weight is 620 g/mol. The molecule has 0 fully saturated rings. The van der Waals surface area contributed by atoms with Gasteiger partial charge in [0.15, 0.2) is 0 Å². The maximum Gasteiger partial charge on any atom is 0.0651 e. The van der Waals surface area contributed by atoms with Crippen LogP contribution < -0.4 is 0 Å². The Bertz CT molecular complexity index is 2240. The molecule has 1 nitrogen and oxygen atoms in total. The molecule has 0 N–H and O–H groups in total. The lowest BCUT2D eigenvalue weighted by molar-refractivity contribution is 1.14. The third kappa shape index (κ3) is 7.12. The molecule has 0 saturated heterocycles. The van der Waals surface area contributed by atoms with Gasteiger partial charge in [0.2, 0.25) is 0 Å². The molecule has 0 aliphatic heterocycles. The molecule has 0 aliphatic carbocycles. The van der Waals surface area contributed by atoms with Gasteiger partial charge in [-0.05, 0) is 105 Å². The summed E-state index contributed by atoms with van der Waals surface area (Å²) < 4.78 is 0. The Hall–Kier alpha value is -5.79. The van der Waals surface area contributed by atoms with Gasteiger partial charge in [0.1, 0.15) is 0 Å². The number of para-hydroxylation sites is 1. The van der Waals surface area contributed by atoms with Gasteiger partial charge in [-0.3, -0.25) is 4.99 Å². The first-order valence-electron chi connectivity index (χ1n) is 16.6. The maximum absolute atomic E-state index is 3.82. The SMILES string of the molecule is C=Nc1ccccc1C.CCc1ccc(-c2c3ccccc3c(-c3ccc4ccccc4c3)c3ccccc23)cc1.Cc1ccccc1. The lowest BCUT2D eigenvalue weighted by Crippen LogP contribution is -1.91. The highest BCUT2D eigenvalue weighted by molar-refractivity contribution is 6.21. The van der Waals surface area contributed by atoms with Crippen molar-refractivity contribution in [3.05, 3.63) is 187 Å². The molecule has 0 aliphatic rings. The molecule has 234 valence electrons. The zero-order valence-electron chi connectivity index (χ0n) is 28.0. The van der Waals surface area contributed by atoms with Gasteiger partial charge in [0.05, 0.1) is 5.69 Å². The zero-order chi connectivity index (χ0) is 33.3. The summed E-state index contributed by atoms with van der Waals surface area (Å²) in [6, 6.07) is 60.4. The Balaban J connectivity index is 0.000000205. The van der Waals surface area contributed by atoms with E-state index in [0.717, 1.165) is 12.1 Å². The molecule has 0 saturated carbocycles. The number of hydrogen-bond acceptors (Lipinski definition) is 1. The molecule has 0 unspecified atom stereocenters. The van der Waals surface area contributed by atoms with Crippen LogP contribution in [0.15, 0.2) is 175 Å². The van der Waals surface area contributed by atoms with Crippen LogP contribution in [0.1, 0.15) is 23.6 Å². The minimum atomic E-state index is 0.970. The van der Waals surface area contributed by atoms with Crippen molar-refractivity contribution in [3.63, 3.8) is 0 Å². The summed E-state index contributed by atoms with van der Waals surface area (Å²) in [5, 5.41) is 7.76. The van der Waals surface area contributed by atoms with E-state index in [0.29, 0.717) is 0 Å². The summed E-state index contributed by atoms with van der Waals surface area (Å²) in [5.41, 5.74) is 10.0. The monoisotopic (exact) mass is 619 g/mol. The van der Waals surface area contributed by atoms with Crippen molar-refractivity contribution in [1.82, 2.24) is 0 Å². The summed E-state index contributed by atoms with van der Waals surface area (Å²) in [7, 11) is 0. The number of aryl methyl sites for hydroxylation is 3. The number of rotatable bonds is 4. The minimum absolute atomic E-state index is 0.970. The lowest BCUT2D eigenvalue weighted by atomic mass is 9.85. The van der Waals surface area contributed by atoms with Gasteiger partial charge in [0.25, 0.3) is 0 Å². The fourth-order valence-corrected chi connectivity index (χ4v) is 6.28. The average Bonchev–Trinajstić information content (AvgIpc) is 3.15. The summed E-state index contributed by atoms with van der Waals surface area (Å²) in [6.07, 6.45) is 1.06. The second kappa shape index (κ2) is 15.2. The quantitative estimate of drug-likeness (QED) is 0.137. The Morgan fingerprint density at radius 3 is 1.44 bits per heavy atom. The van der Waals surface area contributed by atoms with Crippen LogP contribution >= 0.6 is 0 Å². The molecular formula is C47H41N. The predicted molar refractivity (Wildman–Crippen MR) is 211 cm³/mol. The Morgan fingerprint density at radius 1 is 0.458 bits per heavy atom. The van der Waals surface area contributed by atoms with Gasteiger partial charge in [0, 0.05) is 0 Å². The standard InChI is InChI=1S/C32H24.C8H9N.C7H8/c1-2-22-15-17-24(18-16-22)31-27-11-5-7-13-29(27)32(30-14-8-6-12-28(30)31)26-20-19-23-9-3-4-10-25(23)21-26;1-7-5-3-4-6-8(7)9-2;1-7-5-3-2-4-6-7/h3-21H,2H2,1H3;3-6H,2H2,1H3;2-6H,1H3. The van der Waals surface area contributed by atoms with Crippen molar-refractivity contribution >= 4 is 44.7 Å². The molecule has 0 bridgehead atoms. The topological polar surface area (TPSA) is 12.4 Å². The number of nitrogens with zero attached hydrogens (tertiary/aromatic N) is 1. The minimum Gasteiger partial charge on any atom is -0.264 e. The number of benzene rings is 8. The van der Waals surface area contributed by atoms with Crippen LogP contribution in [-0.4, -0.2) is 6.72 Å². The first-order chi connectivity index (χ1) is 23.6. The highest BCUT2D eigenvalue weighted by Gasteiger charge is 2.16. The molecule has 0 spiro atoms. The summed E-state index contributed by atoms with van der Waals surface area (Å²) in [6.45, 7) is 9.75. The Morgan fingerprint density at radius 2 is 0.938 bits per heavy atom. The van der Waals surface area contributed by atoms with Crippen molar-refractivity contribution < 1.29 is 0 Å². The highest BCUT2D eigenvalue weighted by Crippen LogP contribution is 2.44. The van der Waals surface area contributed by atoms with Crippen LogP contribution in [0.4, 0.5) is 5.69 Å². The molecular weight excluding hydrogens is 579 g/mol. The molecule has 0 radical (unpaired) electrons. The van der Waals surface area contributed by atoms with E-state index in [2.05, 4.69) is 153 Å². The van der Waals surface area contributed by atoms with E-state index in [1.165, 1.54) is 71.3 Å². The van der Waals surface area contributed by atoms with Crippen LogP contribution in [0.25, 0.3) is 54.6 Å². The van der Waals surface area contributed by atoms with E-state index >= 15 is 0 Å². The van der Waals surface area contributed by atoms with Gasteiger partial charge in [-0.25, -0.2) is 0 Å². The predicted octanol–water partition coefficient (Wildman–Crippen LogP) is 13.4. The molecule has 48 heavy (non-hydrogen) atoms. The van der Waals surface area contributed by atoms with E-state index in [9.17, 15) is 0 Å². The second-order valence-corrected chi connectivity index (χ2v) is 12.1. The molecule has 0 heterocycles. The fraction of sp³-hybridized carbons (Fsp3) is 0.0851. The van der Waals surface area contributed by atoms with Gasteiger partial charge in [-0.15, -0.1) is 0 Å². The first-order valence-corrected chi connectivity index (χ1v) is 16.6. The molecule has 8 aromatic carbocycles. The van der Waals surface area contributed by atoms with E-state index in [4.69, 9.17) is 0 Å². The van der Waals surface area contributed by atoms with Crippen molar-refractivity contribution in [3.8, 4) is 22.3 Å². The fourth-order valence-electron chi connectivity index (χ4n) is 6.28. The zero-order valence-corrected chi connectivity index (χ0v) is 28.0. The smallest absolute Gasteiger partial charge is 0.0651 e. The summed E-state index contributed by atoms with van der Waals surface area (Å²) in [4.78, 5) is 3.82. The third-order valence-electron chi connectivity index (χ3n) is 8.85. The molecule has 0 atom stereocenters. The van der Waals surface area contributed by atoms with E-state index in [-0.39, 0.29) is 0 Å². The van der Waals surface area contributed by atoms with Crippen LogP contribution in [0.2, 0.25) is 0 Å². The van der Waals surface area contributed by atoms with Crippen molar-refractivity contribution in [1.29, 1.82) is 0 Å². The number of hydrogen-bond donors (Lipinski definition) is 0. The van der Waals surface area contributed by atoms with Crippen LogP contribution in [-0.2, 0) is 6.42 Å². The Kier molecular flexibility index (Phi) is 10.2. The van der Waals surface area contributed by atoms with Gasteiger partial charge in [-0.2, -0.15) is 0 Å². The van der Waals surface area contributed by atoms with E-state index in [1.807, 2.05) is 49.4 Å². The molecule has 0 amide bonds. The number of aliphatic imine (C=N–C) groups is 1. The lowest BCUT2D eigenvalue weighted by Gasteiger charge is -2.18. The Labute approximate surface area is 284 Å². The molecule has 8 rings (SSSR count). The summed E-state index contributed by atoms with van der Waals surface area (Å²) in [5.74, 6) is 0. The van der Waals surface area contributed by atoms with E-state index in [1.54, 1.807) is 0 Å². The second-order valence-electron chi connectivity index (χ2n) is 12.1. The third-order valence-corrected chi connectivity index (χ3v) is 8.85. The van der Waals surface area contributed by atoms with Crippen molar-refractivity contribution in [2.24, 2.45) is 4.99 Å². The molecule has 0 aromatic heterocycles. The maximum atomic E-state index is 3.82. The first kappa shape index (κ1) is 32.2. The molecule has 8 aromatic rings. The van der Waals surface area contributed by atoms with Crippen molar-refractivity contribution in [2.45, 2.75) is 27.2 Å². The van der Waals surface area contributed by atoms with Crippen LogP contribution in [0, 0.1) is 13.8 Å². The molecule has 1 heteroatoms. The van der Waals surface area contributed by atoms with Crippen LogP contribution in [0.3, 0.4) is 0 Å². The highest BCUT2D eigenvalue weighted by atomic mass is 14.7.